The number of carboxylic acid groups (broad SMARTS) is 1. The minimum Gasteiger partial charge on any atom is -0.478 e. The second-order valence-corrected chi connectivity index (χ2v) is 10.6. The van der Waals surface area contributed by atoms with Gasteiger partial charge in [-0.2, -0.15) is 0 Å². The van der Waals surface area contributed by atoms with Gasteiger partial charge in [0.25, 0.3) is 0 Å². The fraction of sp³-hybridized carbons (Fsp3) is 0.0385. The van der Waals surface area contributed by atoms with Gasteiger partial charge in [0.2, 0.25) is 0 Å². The summed E-state index contributed by atoms with van der Waals surface area (Å²) < 4.78 is 14.5. The lowest BCUT2D eigenvalue weighted by molar-refractivity contribution is 0.0692. The third-order valence-corrected chi connectivity index (χ3v) is 9.65. The van der Waals surface area contributed by atoms with Gasteiger partial charge < -0.3 is 5.11 Å². The molecule has 2 nitrogen and oxygen atoms in total. The molecule has 0 atom stereocenters. The molecule has 0 saturated heterocycles. The molecule has 0 aliphatic carbocycles. The quantitative estimate of drug-likeness (QED) is 0.449. The van der Waals surface area contributed by atoms with Crippen LogP contribution in [0.2, 0.25) is 0 Å². The third kappa shape index (κ3) is 3.77. The van der Waals surface area contributed by atoms with Crippen molar-refractivity contribution in [3.05, 3.63) is 126 Å². The van der Waals surface area contributed by atoms with Crippen LogP contribution >= 0.6 is 7.26 Å². The first-order chi connectivity index (χ1) is 14.6. The van der Waals surface area contributed by atoms with E-state index in [9.17, 15) is 14.3 Å². The van der Waals surface area contributed by atoms with Crippen LogP contribution in [0.4, 0.5) is 4.39 Å². The third-order valence-electron chi connectivity index (χ3n) is 5.27. The molecule has 148 valence electrons. The maximum atomic E-state index is 14.5. The standard InChI is InChI=1S/C26H20FO2P/c27-25-18-20(16-17-24(25)26(28)29)19-30(21-10-4-1-5-11-21,22-12-6-2-7-13-22)23-14-8-3-9-15-23/h1-18H,19H2/p+1. The van der Waals surface area contributed by atoms with Crippen molar-refractivity contribution < 1.29 is 14.3 Å². The van der Waals surface area contributed by atoms with Crippen molar-refractivity contribution in [3.63, 3.8) is 0 Å². The van der Waals surface area contributed by atoms with Crippen LogP contribution < -0.4 is 15.9 Å². The zero-order valence-corrected chi connectivity index (χ0v) is 17.2. The van der Waals surface area contributed by atoms with Crippen molar-refractivity contribution in [3.8, 4) is 0 Å². The molecule has 0 aliphatic rings. The Morgan fingerprint density at radius 3 is 1.50 bits per heavy atom. The van der Waals surface area contributed by atoms with Crippen molar-refractivity contribution in [2.24, 2.45) is 0 Å². The molecule has 0 aromatic heterocycles. The summed E-state index contributed by atoms with van der Waals surface area (Å²) in [7, 11) is -2.15. The molecule has 30 heavy (non-hydrogen) atoms. The molecule has 4 heteroatoms. The molecule has 0 saturated carbocycles. The Balaban J connectivity index is 1.96. The minimum absolute atomic E-state index is 0.304. The van der Waals surface area contributed by atoms with Crippen LogP contribution in [0.1, 0.15) is 15.9 Å². The molecular weight excluding hydrogens is 394 g/mol. The van der Waals surface area contributed by atoms with Gasteiger partial charge in [-0.15, -0.1) is 0 Å². The molecule has 0 aliphatic heterocycles. The van der Waals surface area contributed by atoms with Crippen LogP contribution in [0.15, 0.2) is 109 Å². The van der Waals surface area contributed by atoms with Crippen molar-refractivity contribution in [2.45, 2.75) is 6.16 Å². The van der Waals surface area contributed by atoms with Crippen LogP contribution in [0.3, 0.4) is 0 Å². The maximum Gasteiger partial charge on any atom is 0.338 e. The van der Waals surface area contributed by atoms with Gasteiger partial charge in [0.1, 0.15) is 29.0 Å². The number of carbonyl (C=O) groups is 1. The molecule has 0 unspecified atom stereocenters. The van der Waals surface area contributed by atoms with Gasteiger partial charge in [-0.25, -0.2) is 9.18 Å². The number of halogens is 1. The van der Waals surface area contributed by atoms with Crippen molar-refractivity contribution in [2.75, 3.05) is 0 Å². The zero-order valence-electron chi connectivity index (χ0n) is 16.3. The largest absolute Gasteiger partial charge is 0.478 e. The second kappa shape index (κ2) is 8.61. The van der Waals surface area contributed by atoms with Crippen molar-refractivity contribution in [1.29, 1.82) is 0 Å². The number of rotatable bonds is 6. The molecule has 0 amide bonds. The lowest BCUT2D eigenvalue weighted by atomic mass is 10.1. The Labute approximate surface area is 176 Å². The summed E-state index contributed by atoms with van der Waals surface area (Å²) >= 11 is 0. The van der Waals surface area contributed by atoms with Gasteiger partial charge in [0, 0.05) is 0 Å². The van der Waals surface area contributed by atoms with E-state index >= 15 is 0 Å². The number of hydrogen-bond donors (Lipinski definition) is 1. The normalized spacial score (nSPS) is 11.2. The van der Waals surface area contributed by atoms with Gasteiger partial charge in [0.05, 0.1) is 11.7 Å². The Bertz CT molecular complexity index is 1050. The van der Waals surface area contributed by atoms with Gasteiger partial charge in [0.15, 0.2) is 0 Å². The van der Waals surface area contributed by atoms with E-state index in [1.807, 2.05) is 54.6 Å². The number of aromatic carboxylic acids is 1. The summed E-state index contributed by atoms with van der Waals surface area (Å²) in [6.45, 7) is 0. The second-order valence-electron chi connectivity index (χ2n) is 7.09. The van der Waals surface area contributed by atoms with Gasteiger partial charge >= 0.3 is 5.97 Å². The predicted molar refractivity (Wildman–Crippen MR) is 122 cm³/mol. The van der Waals surface area contributed by atoms with Crippen LogP contribution in [-0.2, 0) is 6.16 Å². The number of benzene rings is 4. The van der Waals surface area contributed by atoms with Crippen molar-refractivity contribution >= 4 is 29.1 Å². The van der Waals surface area contributed by atoms with Gasteiger partial charge in [-0.1, -0.05) is 60.7 Å². The van der Waals surface area contributed by atoms with Crippen molar-refractivity contribution in [1.82, 2.24) is 0 Å². The smallest absolute Gasteiger partial charge is 0.338 e. The summed E-state index contributed by atoms with van der Waals surface area (Å²) in [5.74, 6) is -1.96. The molecule has 4 aromatic rings. The van der Waals surface area contributed by atoms with E-state index in [1.165, 1.54) is 28.0 Å². The molecular formula is C26H21FO2P+. The maximum absolute atomic E-state index is 14.5. The van der Waals surface area contributed by atoms with Gasteiger partial charge in [-0.3, -0.25) is 0 Å². The summed E-state index contributed by atoms with van der Waals surface area (Å²) in [6, 6.07) is 35.4. The molecule has 0 bridgehead atoms. The summed E-state index contributed by atoms with van der Waals surface area (Å²) in [5.41, 5.74) is 0.476. The van der Waals surface area contributed by atoms with E-state index in [4.69, 9.17) is 0 Å². The lowest BCUT2D eigenvalue weighted by Gasteiger charge is -2.28. The summed E-state index contributed by atoms with van der Waals surface area (Å²) in [4.78, 5) is 11.2. The van der Waals surface area contributed by atoms with Crippen LogP contribution in [-0.4, -0.2) is 11.1 Å². The molecule has 1 N–H and O–H groups in total. The van der Waals surface area contributed by atoms with E-state index in [0.717, 1.165) is 5.56 Å². The highest BCUT2D eigenvalue weighted by molar-refractivity contribution is 7.95. The zero-order chi connectivity index (χ0) is 21.0. The monoisotopic (exact) mass is 415 g/mol. The number of hydrogen-bond acceptors (Lipinski definition) is 1. The Morgan fingerprint density at radius 1 is 0.700 bits per heavy atom. The molecule has 0 heterocycles. The average molecular weight is 415 g/mol. The Morgan fingerprint density at radius 2 is 1.13 bits per heavy atom. The van der Waals surface area contributed by atoms with Crippen LogP contribution in [0.5, 0.6) is 0 Å². The summed E-state index contributed by atoms with van der Waals surface area (Å²) in [5, 5.41) is 12.8. The molecule has 4 rings (SSSR count). The fourth-order valence-corrected chi connectivity index (χ4v) is 8.10. The van der Waals surface area contributed by atoms with E-state index in [1.54, 1.807) is 6.07 Å². The SMILES string of the molecule is O=C(O)c1ccc(C[P+](c2ccccc2)(c2ccccc2)c2ccccc2)cc1F. The van der Waals surface area contributed by atoms with Gasteiger partial charge in [-0.05, 0) is 54.1 Å². The van der Waals surface area contributed by atoms with E-state index in [-0.39, 0.29) is 5.56 Å². The van der Waals surface area contributed by atoms with Crippen LogP contribution in [0.25, 0.3) is 0 Å². The number of carboxylic acids is 1. The average Bonchev–Trinajstić information content (AvgIpc) is 2.79. The highest BCUT2D eigenvalue weighted by Gasteiger charge is 2.45. The lowest BCUT2D eigenvalue weighted by Crippen LogP contribution is -2.32. The van der Waals surface area contributed by atoms with E-state index in [2.05, 4.69) is 36.4 Å². The fourth-order valence-electron chi connectivity index (χ4n) is 3.87. The first-order valence-corrected chi connectivity index (χ1v) is 11.7. The predicted octanol–water partition coefficient (Wildman–Crippen LogP) is 5.02. The Kier molecular flexibility index (Phi) is 5.74. The van der Waals surface area contributed by atoms with Crippen LogP contribution in [0, 0.1) is 5.82 Å². The topological polar surface area (TPSA) is 37.3 Å². The molecule has 0 spiro atoms. The minimum atomic E-state index is -2.15. The van der Waals surface area contributed by atoms with E-state index < -0.39 is 19.0 Å². The molecule has 4 aromatic carbocycles. The Hall–Kier alpha value is -3.29. The van der Waals surface area contributed by atoms with E-state index in [0.29, 0.717) is 6.16 Å². The molecule has 0 radical (unpaired) electrons. The first kappa shape index (κ1) is 20.0. The summed E-state index contributed by atoms with van der Waals surface area (Å²) in [6.07, 6.45) is 0.599. The first-order valence-electron chi connectivity index (χ1n) is 9.68. The highest BCUT2D eigenvalue weighted by atomic mass is 31.2. The molecule has 0 fully saturated rings. The highest BCUT2D eigenvalue weighted by Crippen LogP contribution is 2.58.